The molecule has 0 radical (unpaired) electrons. The Kier molecular flexibility index (Phi) is 6.43. The number of carbonyl (C=O) groups is 2. The number of ether oxygens (including phenoxy) is 2. The standard InChI is InChI=1S/C24H24BrNO5/c1-2-30-18-6-3-5-16(13-18)21-20(22(27)15-8-10-17(25)11-9-15)23(28)24(29)26(21)14-19-7-4-12-31-19/h3,5-6,8-11,13,19,21,27H,2,4,7,12,14H2,1H3/b22-20-. The molecular weight excluding hydrogens is 462 g/mol. The highest BCUT2D eigenvalue weighted by Crippen LogP contribution is 2.41. The molecular formula is C24H24BrNO5. The predicted octanol–water partition coefficient (Wildman–Crippen LogP) is 4.45. The number of hydrogen-bond acceptors (Lipinski definition) is 5. The summed E-state index contributed by atoms with van der Waals surface area (Å²) in [7, 11) is 0. The van der Waals surface area contributed by atoms with Gasteiger partial charge in [0.05, 0.1) is 24.3 Å². The number of halogens is 1. The van der Waals surface area contributed by atoms with Crippen LogP contribution >= 0.6 is 15.9 Å². The summed E-state index contributed by atoms with van der Waals surface area (Å²) in [5, 5.41) is 11.1. The molecule has 0 aromatic heterocycles. The Labute approximate surface area is 189 Å². The van der Waals surface area contributed by atoms with Crippen LogP contribution < -0.4 is 4.74 Å². The highest BCUT2D eigenvalue weighted by Gasteiger charge is 2.47. The van der Waals surface area contributed by atoms with Crippen LogP contribution in [0.4, 0.5) is 0 Å². The highest BCUT2D eigenvalue weighted by molar-refractivity contribution is 9.10. The normalized spacial score (nSPS) is 22.8. The van der Waals surface area contributed by atoms with Gasteiger partial charge in [0.25, 0.3) is 11.7 Å². The second-order valence-corrected chi connectivity index (χ2v) is 8.51. The van der Waals surface area contributed by atoms with Crippen molar-refractivity contribution in [3.63, 3.8) is 0 Å². The van der Waals surface area contributed by atoms with Gasteiger partial charge in [-0.25, -0.2) is 0 Å². The number of ketones is 1. The van der Waals surface area contributed by atoms with E-state index in [9.17, 15) is 14.7 Å². The van der Waals surface area contributed by atoms with Crippen molar-refractivity contribution in [1.82, 2.24) is 4.90 Å². The van der Waals surface area contributed by atoms with Crippen LogP contribution in [0.5, 0.6) is 5.75 Å². The largest absolute Gasteiger partial charge is 0.507 e. The van der Waals surface area contributed by atoms with Gasteiger partial charge in [-0.2, -0.15) is 0 Å². The second kappa shape index (κ2) is 9.24. The molecule has 2 saturated heterocycles. The number of amides is 1. The van der Waals surface area contributed by atoms with Gasteiger partial charge >= 0.3 is 0 Å². The molecule has 1 N–H and O–H groups in total. The van der Waals surface area contributed by atoms with E-state index >= 15 is 0 Å². The number of Topliss-reactive ketones (excluding diaryl/α,β-unsaturated/α-hetero) is 1. The van der Waals surface area contributed by atoms with E-state index in [1.165, 1.54) is 4.90 Å². The number of carbonyl (C=O) groups excluding carboxylic acids is 2. The molecule has 1 amide bonds. The number of benzene rings is 2. The molecule has 2 aromatic carbocycles. The first-order valence-electron chi connectivity index (χ1n) is 10.4. The molecule has 2 aromatic rings. The molecule has 4 rings (SSSR count). The van der Waals surface area contributed by atoms with Crippen molar-refractivity contribution < 1.29 is 24.2 Å². The molecule has 0 aliphatic carbocycles. The fourth-order valence-electron chi connectivity index (χ4n) is 4.13. The number of hydrogen-bond donors (Lipinski definition) is 1. The first kappa shape index (κ1) is 21.6. The molecule has 31 heavy (non-hydrogen) atoms. The smallest absolute Gasteiger partial charge is 0.295 e. The molecule has 0 saturated carbocycles. The van der Waals surface area contributed by atoms with Gasteiger partial charge in [0.1, 0.15) is 11.5 Å². The Morgan fingerprint density at radius 2 is 2.00 bits per heavy atom. The Morgan fingerprint density at radius 3 is 2.68 bits per heavy atom. The summed E-state index contributed by atoms with van der Waals surface area (Å²) >= 11 is 3.37. The minimum atomic E-state index is -0.715. The maximum Gasteiger partial charge on any atom is 0.295 e. The summed E-state index contributed by atoms with van der Waals surface area (Å²) < 4.78 is 12.2. The van der Waals surface area contributed by atoms with Gasteiger partial charge in [-0.15, -0.1) is 0 Å². The third-order valence-electron chi connectivity index (χ3n) is 5.57. The average molecular weight is 486 g/mol. The van der Waals surface area contributed by atoms with E-state index in [1.54, 1.807) is 24.3 Å². The summed E-state index contributed by atoms with van der Waals surface area (Å²) in [5.74, 6) is -0.856. The van der Waals surface area contributed by atoms with Crippen molar-refractivity contribution in [1.29, 1.82) is 0 Å². The molecule has 0 bridgehead atoms. The van der Waals surface area contributed by atoms with Crippen LogP contribution in [0.15, 0.2) is 58.6 Å². The van der Waals surface area contributed by atoms with Crippen molar-refractivity contribution in [2.75, 3.05) is 19.8 Å². The molecule has 2 fully saturated rings. The minimum absolute atomic E-state index is 0.0824. The topological polar surface area (TPSA) is 76.1 Å². The molecule has 2 unspecified atom stereocenters. The van der Waals surface area contributed by atoms with Gasteiger partial charge in [0.2, 0.25) is 0 Å². The van der Waals surface area contributed by atoms with E-state index in [1.807, 2.05) is 31.2 Å². The van der Waals surface area contributed by atoms with Crippen molar-refractivity contribution in [3.8, 4) is 5.75 Å². The van der Waals surface area contributed by atoms with Gasteiger partial charge in [-0.05, 0) is 49.6 Å². The van der Waals surface area contributed by atoms with Crippen molar-refractivity contribution >= 4 is 33.4 Å². The number of aliphatic hydroxyl groups excluding tert-OH is 1. The van der Waals surface area contributed by atoms with Crippen LogP contribution in [0, 0.1) is 0 Å². The van der Waals surface area contributed by atoms with E-state index in [-0.39, 0.29) is 17.4 Å². The first-order chi connectivity index (χ1) is 15.0. The van der Waals surface area contributed by atoms with E-state index in [4.69, 9.17) is 9.47 Å². The summed E-state index contributed by atoms with van der Waals surface area (Å²) in [5.41, 5.74) is 1.27. The number of rotatable bonds is 6. The van der Waals surface area contributed by atoms with Crippen LogP contribution in [0.25, 0.3) is 5.76 Å². The van der Waals surface area contributed by atoms with Gasteiger partial charge < -0.3 is 19.5 Å². The van der Waals surface area contributed by atoms with Crippen LogP contribution in [0.1, 0.15) is 36.9 Å². The van der Waals surface area contributed by atoms with Crippen LogP contribution in [0.2, 0.25) is 0 Å². The lowest BCUT2D eigenvalue weighted by molar-refractivity contribution is -0.140. The molecule has 2 heterocycles. The van der Waals surface area contributed by atoms with Gasteiger partial charge in [0, 0.05) is 23.2 Å². The van der Waals surface area contributed by atoms with E-state index in [2.05, 4.69) is 15.9 Å². The van der Waals surface area contributed by atoms with Crippen molar-refractivity contribution in [2.45, 2.75) is 31.9 Å². The molecule has 2 atom stereocenters. The zero-order chi connectivity index (χ0) is 22.0. The second-order valence-electron chi connectivity index (χ2n) is 7.60. The van der Waals surface area contributed by atoms with E-state index in [0.29, 0.717) is 36.6 Å². The fourth-order valence-corrected chi connectivity index (χ4v) is 4.39. The van der Waals surface area contributed by atoms with E-state index < -0.39 is 17.7 Å². The van der Waals surface area contributed by atoms with Crippen LogP contribution in [0.3, 0.4) is 0 Å². The molecule has 7 heteroatoms. The predicted molar refractivity (Wildman–Crippen MR) is 120 cm³/mol. The Hall–Kier alpha value is -2.64. The third kappa shape index (κ3) is 4.38. The molecule has 0 spiro atoms. The van der Waals surface area contributed by atoms with Crippen LogP contribution in [-0.4, -0.2) is 47.6 Å². The molecule has 162 valence electrons. The zero-order valence-corrected chi connectivity index (χ0v) is 18.8. The Bertz CT molecular complexity index is 1010. The number of nitrogens with zero attached hydrogens (tertiary/aromatic N) is 1. The van der Waals surface area contributed by atoms with Gasteiger partial charge in [-0.3, -0.25) is 9.59 Å². The number of likely N-dealkylation sites (tertiary alicyclic amines) is 1. The van der Waals surface area contributed by atoms with Crippen LogP contribution in [-0.2, 0) is 14.3 Å². The molecule has 2 aliphatic rings. The van der Waals surface area contributed by atoms with Gasteiger partial charge in [-0.1, -0.05) is 40.2 Å². The van der Waals surface area contributed by atoms with E-state index in [0.717, 1.165) is 17.3 Å². The van der Waals surface area contributed by atoms with Crippen molar-refractivity contribution in [2.24, 2.45) is 0 Å². The monoisotopic (exact) mass is 485 g/mol. The highest BCUT2D eigenvalue weighted by atomic mass is 79.9. The third-order valence-corrected chi connectivity index (χ3v) is 6.10. The Morgan fingerprint density at radius 1 is 1.23 bits per heavy atom. The Balaban J connectivity index is 1.82. The SMILES string of the molecule is CCOc1cccc(C2/C(=C(/O)c3ccc(Br)cc3)C(=O)C(=O)N2CC2CCCO2)c1. The maximum atomic E-state index is 13.1. The minimum Gasteiger partial charge on any atom is -0.507 e. The van der Waals surface area contributed by atoms with Crippen molar-refractivity contribution in [3.05, 3.63) is 69.7 Å². The summed E-state index contributed by atoms with van der Waals surface area (Å²) in [6.45, 7) is 3.34. The lowest BCUT2D eigenvalue weighted by Gasteiger charge is -2.27. The summed E-state index contributed by atoms with van der Waals surface area (Å²) in [6.07, 6.45) is 1.64. The number of aliphatic hydroxyl groups is 1. The van der Waals surface area contributed by atoms with Gasteiger partial charge in [0.15, 0.2) is 0 Å². The summed E-state index contributed by atoms with van der Waals surface area (Å²) in [4.78, 5) is 27.6. The average Bonchev–Trinajstić information content (AvgIpc) is 3.37. The quantitative estimate of drug-likeness (QED) is 0.371. The molecule has 6 nitrogen and oxygen atoms in total. The fraction of sp³-hybridized carbons (Fsp3) is 0.333. The maximum absolute atomic E-state index is 13.1. The lowest BCUT2D eigenvalue weighted by Crippen LogP contribution is -2.36. The first-order valence-corrected chi connectivity index (χ1v) is 11.2. The lowest BCUT2D eigenvalue weighted by atomic mass is 9.95. The molecule has 2 aliphatic heterocycles. The zero-order valence-electron chi connectivity index (χ0n) is 17.2. The summed E-state index contributed by atoms with van der Waals surface area (Å²) in [6, 6.07) is 13.6.